The number of aromatic nitrogens is 2. The smallest absolute Gasteiger partial charge is 0.270 e. The second-order valence-corrected chi connectivity index (χ2v) is 7.07. The third-order valence-corrected chi connectivity index (χ3v) is 4.93. The number of amides is 1. The minimum atomic E-state index is -0.230. The highest BCUT2D eigenvalue weighted by atomic mass is 16.5. The van der Waals surface area contributed by atoms with Crippen molar-refractivity contribution < 1.29 is 14.3 Å². The van der Waals surface area contributed by atoms with Crippen LogP contribution in [0.1, 0.15) is 53.8 Å². The van der Waals surface area contributed by atoms with Crippen LogP contribution < -0.4 is 20.1 Å². The summed E-state index contributed by atoms with van der Waals surface area (Å²) in [6, 6.07) is 7.65. The second-order valence-electron chi connectivity index (χ2n) is 7.07. The molecular weight excluding hydrogens is 356 g/mol. The molecule has 3 rings (SSSR count). The molecule has 0 spiro atoms. The molecule has 2 N–H and O–H groups in total. The number of ether oxygens (including phenoxy) is 2. The summed E-state index contributed by atoms with van der Waals surface area (Å²) in [5.74, 6) is 1.59. The Balaban J connectivity index is 1.65. The van der Waals surface area contributed by atoms with E-state index >= 15 is 0 Å². The third-order valence-electron chi connectivity index (χ3n) is 4.93. The minimum absolute atomic E-state index is 0.230. The van der Waals surface area contributed by atoms with Gasteiger partial charge in [0.15, 0.2) is 11.5 Å². The fourth-order valence-electron chi connectivity index (χ4n) is 3.44. The molecule has 0 atom stereocenters. The zero-order valence-corrected chi connectivity index (χ0v) is 16.7. The van der Waals surface area contributed by atoms with Gasteiger partial charge in [0.1, 0.15) is 5.69 Å². The molecule has 7 nitrogen and oxygen atoms in total. The van der Waals surface area contributed by atoms with Crippen LogP contribution in [0.5, 0.6) is 11.5 Å². The van der Waals surface area contributed by atoms with Gasteiger partial charge in [0.05, 0.1) is 14.2 Å². The number of nitrogens with one attached hydrogen (secondary N) is 2. The minimum Gasteiger partial charge on any atom is -0.493 e. The molecular formula is C21H28N4O3. The van der Waals surface area contributed by atoms with Crippen LogP contribution in [-0.2, 0) is 6.54 Å². The summed E-state index contributed by atoms with van der Waals surface area (Å²) in [5, 5.41) is 6.29. The number of nitrogens with zero attached hydrogens (tertiary/aromatic N) is 2. The molecule has 0 bridgehead atoms. The van der Waals surface area contributed by atoms with Crippen molar-refractivity contribution in [2.45, 2.75) is 51.6 Å². The van der Waals surface area contributed by atoms with Crippen molar-refractivity contribution >= 4 is 11.9 Å². The molecule has 1 saturated carbocycles. The molecule has 1 aromatic carbocycles. The molecule has 1 aromatic heterocycles. The molecule has 1 fully saturated rings. The number of hydrogen-bond acceptors (Lipinski definition) is 6. The van der Waals surface area contributed by atoms with Gasteiger partial charge in [-0.2, -0.15) is 0 Å². The number of methoxy groups -OCH3 is 2. The fraction of sp³-hybridized carbons (Fsp3) is 0.476. The maximum absolute atomic E-state index is 12.6. The van der Waals surface area contributed by atoms with Gasteiger partial charge in [-0.15, -0.1) is 0 Å². The quantitative estimate of drug-likeness (QED) is 0.760. The lowest BCUT2D eigenvalue weighted by Gasteiger charge is -2.23. The van der Waals surface area contributed by atoms with Gasteiger partial charge in [0.25, 0.3) is 5.91 Å². The van der Waals surface area contributed by atoms with Crippen molar-refractivity contribution in [2.75, 3.05) is 19.5 Å². The van der Waals surface area contributed by atoms with Crippen LogP contribution >= 0.6 is 0 Å². The average Bonchev–Trinajstić information content (AvgIpc) is 2.72. The van der Waals surface area contributed by atoms with Gasteiger partial charge in [-0.3, -0.25) is 4.79 Å². The highest BCUT2D eigenvalue weighted by molar-refractivity contribution is 5.92. The van der Waals surface area contributed by atoms with Gasteiger partial charge in [-0.1, -0.05) is 25.3 Å². The number of rotatable bonds is 7. The van der Waals surface area contributed by atoms with Gasteiger partial charge >= 0.3 is 0 Å². The number of aryl methyl sites for hydroxylation is 1. The zero-order valence-electron chi connectivity index (χ0n) is 16.7. The van der Waals surface area contributed by atoms with Crippen LogP contribution in [0.15, 0.2) is 24.3 Å². The first-order valence-electron chi connectivity index (χ1n) is 9.70. The molecule has 0 saturated heterocycles. The number of hydrogen-bond donors (Lipinski definition) is 2. The van der Waals surface area contributed by atoms with E-state index in [1.165, 1.54) is 19.3 Å². The van der Waals surface area contributed by atoms with Gasteiger partial charge in [-0.05, 0) is 43.5 Å². The van der Waals surface area contributed by atoms with Crippen molar-refractivity contribution in [1.82, 2.24) is 15.3 Å². The van der Waals surface area contributed by atoms with Gasteiger partial charge in [0.2, 0.25) is 5.95 Å². The average molecular weight is 384 g/mol. The number of benzene rings is 1. The van der Waals surface area contributed by atoms with E-state index in [9.17, 15) is 4.79 Å². The molecule has 1 heterocycles. The fourth-order valence-corrected chi connectivity index (χ4v) is 3.44. The lowest BCUT2D eigenvalue weighted by Crippen LogP contribution is -2.27. The Bertz CT molecular complexity index is 819. The Labute approximate surface area is 165 Å². The molecule has 2 aromatic rings. The zero-order chi connectivity index (χ0) is 19.9. The first-order valence-corrected chi connectivity index (χ1v) is 9.70. The Morgan fingerprint density at radius 1 is 1.07 bits per heavy atom. The normalized spacial score (nSPS) is 14.4. The van der Waals surface area contributed by atoms with E-state index in [2.05, 4.69) is 20.6 Å². The first kappa shape index (κ1) is 19.9. The van der Waals surface area contributed by atoms with Crippen molar-refractivity contribution in [3.05, 3.63) is 41.2 Å². The van der Waals surface area contributed by atoms with E-state index in [1.807, 2.05) is 25.1 Å². The molecule has 28 heavy (non-hydrogen) atoms. The summed E-state index contributed by atoms with van der Waals surface area (Å²) in [5.41, 5.74) is 2.05. The summed E-state index contributed by atoms with van der Waals surface area (Å²) < 4.78 is 10.5. The highest BCUT2D eigenvalue weighted by Crippen LogP contribution is 2.27. The molecule has 1 aliphatic carbocycles. The summed E-state index contributed by atoms with van der Waals surface area (Å²) in [6.07, 6.45) is 5.98. The summed E-state index contributed by atoms with van der Waals surface area (Å²) >= 11 is 0. The predicted molar refractivity (Wildman–Crippen MR) is 108 cm³/mol. The Hall–Kier alpha value is -2.83. The second kappa shape index (κ2) is 9.39. The third kappa shape index (κ3) is 5.12. The van der Waals surface area contributed by atoms with Crippen LogP contribution in [0.4, 0.5) is 5.95 Å². The van der Waals surface area contributed by atoms with Crippen molar-refractivity contribution in [3.63, 3.8) is 0 Å². The Morgan fingerprint density at radius 2 is 1.82 bits per heavy atom. The van der Waals surface area contributed by atoms with Crippen LogP contribution in [0.3, 0.4) is 0 Å². The Morgan fingerprint density at radius 3 is 2.54 bits per heavy atom. The SMILES string of the molecule is COc1ccc(CNC(=O)c2cc(C)nc(NC3CCCCC3)n2)cc1OC. The van der Waals surface area contributed by atoms with Gasteiger partial charge in [-0.25, -0.2) is 9.97 Å². The van der Waals surface area contributed by atoms with E-state index in [-0.39, 0.29) is 5.91 Å². The van der Waals surface area contributed by atoms with E-state index in [4.69, 9.17) is 9.47 Å². The molecule has 1 amide bonds. The molecule has 150 valence electrons. The summed E-state index contributed by atoms with van der Waals surface area (Å²) in [7, 11) is 3.18. The van der Waals surface area contributed by atoms with Crippen LogP contribution in [0.2, 0.25) is 0 Å². The van der Waals surface area contributed by atoms with E-state index in [0.29, 0.717) is 35.7 Å². The molecule has 0 unspecified atom stereocenters. The lowest BCUT2D eigenvalue weighted by molar-refractivity contribution is 0.0945. The monoisotopic (exact) mass is 384 g/mol. The van der Waals surface area contributed by atoms with Crippen molar-refractivity contribution in [3.8, 4) is 11.5 Å². The van der Waals surface area contributed by atoms with Crippen molar-refractivity contribution in [2.24, 2.45) is 0 Å². The van der Waals surface area contributed by atoms with Crippen LogP contribution in [0.25, 0.3) is 0 Å². The topological polar surface area (TPSA) is 85.4 Å². The molecule has 0 radical (unpaired) electrons. The van der Waals surface area contributed by atoms with E-state index < -0.39 is 0 Å². The molecule has 1 aliphatic rings. The number of carbonyl (C=O) groups excluding carboxylic acids is 1. The summed E-state index contributed by atoms with van der Waals surface area (Å²) in [4.78, 5) is 21.5. The number of anilines is 1. The van der Waals surface area contributed by atoms with Gasteiger partial charge in [0, 0.05) is 18.3 Å². The molecule has 7 heteroatoms. The lowest BCUT2D eigenvalue weighted by atomic mass is 9.96. The standard InChI is InChI=1S/C21H28N4O3/c1-14-11-17(25-21(23-14)24-16-7-5-4-6-8-16)20(26)22-13-15-9-10-18(27-2)19(12-15)28-3/h9-12,16H,4-8,13H2,1-3H3,(H,22,26)(H,23,24,25). The summed E-state index contributed by atoms with van der Waals surface area (Å²) in [6.45, 7) is 2.24. The van der Waals surface area contributed by atoms with Gasteiger partial charge < -0.3 is 20.1 Å². The van der Waals surface area contributed by atoms with Crippen LogP contribution in [-0.4, -0.2) is 36.1 Å². The Kier molecular flexibility index (Phi) is 6.68. The van der Waals surface area contributed by atoms with Crippen molar-refractivity contribution in [1.29, 1.82) is 0 Å². The van der Waals surface area contributed by atoms with E-state index in [1.54, 1.807) is 20.3 Å². The first-order chi connectivity index (χ1) is 13.6. The molecule has 0 aliphatic heterocycles. The van der Waals surface area contributed by atoms with E-state index in [0.717, 1.165) is 24.1 Å². The number of carbonyl (C=O) groups is 1. The largest absolute Gasteiger partial charge is 0.493 e. The maximum atomic E-state index is 12.6. The predicted octanol–water partition coefficient (Wildman–Crippen LogP) is 3.48. The maximum Gasteiger partial charge on any atom is 0.270 e. The van der Waals surface area contributed by atoms with Crippen LogP contribution in [0, 0.1) is 6.92 Å². The highest BCUT2D eigenvalue weighted by Gasteiger charge is 2.16.